The number of likely N-dealkylation sites (N-methyl/N-ethyl adjacent to an activating group) is 1. The molecule has 0 amide bonds. The second-order valence-corrected chi connectivity index (χ2v) is 4.49. The number of anilines is 1. The molecule has 2 aromatic rings. The van der Waals surface area contributed by atoms with Gasteiger partial charge < -0.3 is 9.64 Å². The Balaban J connectivity index is 2.06. The first-order valence-corrected chi connectivity index (χ1v) is 6.50. The van der Waals surface area contributed by atoms with Crippen LogP contribution in [0.2, 0.25) is 0 Å². The van der Waals surface area contributed by atoms with E-state index in [-0.39, 0.29) is 0 Å². The van der Waals surface area contributed by atoms with E-state index >= 15 is 0 Å². The van der Waals surface area contributed by atoms with Gasteiger partial charge in [-0.3, -0.25) is 0 Å². The molecular formula is C18H19NO. The van der Waals surface area contributed by atoms with Crippen LogP contribution in [0.25, 0.3) is 6.08 Å². The van der Waals surface area contributed by atoms with Crippen LogP contribution < -0.4 is 9.64 Å². The molecule has 2 aromatic carbocycles. The molecule has 0 atom stereocenters. The van der Waals surface area contributed by atoms with Gasteiger partial charge in [-0.1, -0.05) is 43.0 Å². The monoisotopic (exact) mass is 265 g/mol. The number of benzene rings is 2. The molecule has 0 bridgehead atoms. The number of hydrogen-bond acceptors (Lipinski definition) is 2. The highest BCUT2D eigenvalue weighted by Crippen LogP contribution is 2.21. The third kappa shape index (κ3) is 3.51. The Bertz CT molecular complexity index is 585. The van der Waals surface area contributed by atoms with Crippen molar-refractivity contribution in [3.8, 4) is 5.75 Å². The van der Waals surface area contributed by atoms with Crippen LogP contribution in [-0.4, -0.2) is 14.2 Å². The summed E-state index contributed by atoms with van der Waals surface area (Å²) < 4.78 is 5.16. The average molecular weight is 265 g/mol. The Labute approximate surface area is 120 Å². The molecular weight excluding hydrogens is 246 g/mol. The third-order valence-electron chi connectivity index (χ3n) is 3.16. The SMILES string of the molecule is C=C(/C=C/c1ccccc1)N(C)c1ccc(OC)cc1. The molecule has 0 N–H and O–H groups in total. The van der Waals surface area contributed by atoms with Crippen molar-refractivity contribution in [3.05, 3.63) is 78.5 Å². The van der Waals surface area contributed by atoms with Crippen molar-refractivity contribution in [2.75, 3.05) is 19.1 Å². The molecule has 0 aliphatic heterocycles. The van der Waals surface area contributed by atoms with E-state index in [2.05, 4.69) is 24.8 Å². The van der Waals surface area contributed by atoms with E-state index in [0.717, 1.165) is 22.7 Å². The average Bonchev–Trinajstić information content (AvgIpc) is 2.53. The number of nitrogens with zero attached hydrogens (tertiary/aromatic N) is 1. The van der Waals surface area contributed by atoms with E-state index in [4.69, 9.17) is 4.74 Å². The summed E-state index contributed by atoms with van der Waals surface area (Å²) in [5.74, 6) is 0.854. The topological polar surface area (TPSA) is 12.5 Å². The Morgan fingerprint density at radius 2 is 1.70 bits per heavy atom. The fourth-order valence-electron chi connectivity index (χ4n) is 1.84. The summed E-state index contributed by atoms with van der Waals surface area (Å²) in [5.41, 5.74) is 3.17. The highest BCUT2D eigenvalue weighted by Gasteiger charge is 2.02. The summed E-state index contributed by atoms with van der Waals surface area (Å²) in [6.07, 6.45) is 4.07. The van der Waals surface area contributed by atoms with Gasteiger partial charge >= 0.3 is 0 Å². The van der Waals surface area contributed by atoms with Crippen molar-refractivity contribution < 1.29 is 4.74 Å². The number of methoxy groups -OCH3 is 1. The van der Waals surface area contributed by atoms with Gasteiger partial charge in [0.05, 0.1) is 7.11 Å². The summed E-state index contributed by atoms with van der Waals surface area (Å²) >= 11 is 0. The number of hydrogen-bond donors (Lipinski definition) is 0. The lowest BCUT2D eigenvalue weighted by Gasteiger charge is -2.19. The molecule has 2 nitrogen and oxygen atoms in total. The van der Waals surface area contributed by atoms with E-state index < -0.39 is 0 Å². The predicted molar refractivity (Wildman–Crippen MR) is 86.0 cm³/mol. The van der Waals surface area contributed by atoms with Gasteiger partial charge in [0.1, 0.15) is 5.75 Å². The molecule has 0 aliphatic carbocycles. The zero-order chi connectivity index (χ0) is 14.4. The van der Waals surface area contributed by atoms with Crippen LogP contribution in [0.1, 0.15) is 5.56 Å². The standard InChI is InChI=1S/C18H19NO/c1-15(9-10-16-7-5-4-6-8-16)19(2)17-11-13-18(20-3)14-12-17/h4-14H,1H2,2-3H3/b10-9+. The fourth-order valence-corrected chi connectivity index (χ4v) is 1.84. The summed E-state index contributed by atoms with van der Waals surface area (Å²) in [7, 11) is 3.67. The first kappa shape index (κ1) is 13.9. The molecule has 0 spiro atoms. The maximum Gasteiger partial charge on any atom is 0.119 e. The van der Waals surface area contributed by atoms with Crippen LogP contribution in [0.5, 0.6) is 5.75 Å². The Kier molecular flexibility index (Phi) is 4.61. The second-order valence-electron chi connectivity index (χ2n) is 4.49. The lowest BCUT2D eigenvalue weighted by atomic mass is 10.2. The third-order valence-corrected chi connectivity index (χ3v) is 3.16. The summed E-state index contributed by atoms with van der Waals surface area (Å²) in [6.45, 7) is 4.10. The van der Waals surface area contributed by atoms with Gasteiger partial charge in [-0.25, -0.2) is 0 Å². The van der Waals surface area contributed by atoms with Crippen molar-refractivity contribution in [2.45, 2.75) is 0 Å². The first-order valence-electron chi connectivity index (χ1n) is 6.50. The van der Waals surface area contributed by atoms with Gasteiger partial charge in [0.15, 0.2) is 0 Å². The van der Waals surface area contributed by atoms with Gasteiger partial charge in [-0.15, -0.1) is 0 Å². The van der Waals surface area contributed by atoms with Crippen molar-refractivity contribution >= 4 is 11.8 Å². The normalized spacial score (nSPS) is 10.5. The highest BCUT2D eigenvalue weighted by molar-refractivity contribution is 5.59. The van der Waals surface area contributed by atoms with Crippen LogP contribution in [0.15, 0.2) is 72.9 Å². The van der Waals surface area contributed by atoms with E-state index in [9.17, 15) is 0 Å². The van der Waals surface area contributed by atoms with Crippen molar-refractivity contribution in [1.82, 2.24) is 0 Å². The van der Waals surface area contributed by atoms with Crippen molar-refractivity contribution in [1.29, 1.82) is 0 Å². The maximum absolute atomic E-state index is 5.16. The molecule has 0 radical (unpaired) electrons. The van der Waals surface area contributed by atoms with E-state index in [0.29, 0.717) is 0 Å². The van der Waals surface area contributed by atoms with Gasteiger partial charge in [0.25, 0.3) is 0 Å². The summed E-state index contributed by atoms with van der Waals surface area (Å²) in [6, 6.07) is 18.1. The second kappa shape index (κ2) is 6.62. The molecule has 0 unspecified atom stereocenters. The first-order chi connectivity index (χ1) is 9.70. The molecule has 0 aromatic heterocycles. The van der Waals surface area contributed by atoms with Gasteiger partial charge in [-0.05, 0) is 35.9 Å². The van der Waals surface area contributed by atoms with Crippen LogP contribution in [0, 0.1) is 0 Å². The van der Waals surface area contributed by atoms with Gasteiger partial charge in [0, 0.05) is 18.4 Å². The smallest absolute Gasteiger partial charge is 0.119 e. The van der Waals surface area contributed by atoms with E-state index in [1.165, 1.54) is 0 Å². The Hall–Kier alpha value is -2.48. The zero-order valence-corrected chi connectivity index (χ0v) is 11.9. The van der Waals surface area contributed by atoms with Crippen LogP contribution in [-0.2, 0) is 0 Å². The fraction of sp³-hybridized carbons (Fsp3) is 0.111. The van der Waals surface area contributed by atoms with Crippen LogP contribution in [0.4, 0.5) is 5.69 Å². The molecule has 2 heteroatoms. The molecule has 0 aliphatic rings. The number of allylic oxidation sites excluding steroid dienone is 1. The quantitative estimate of drug-likeness (QED) is 0.745. The number of rotatable bonds is 5. The van der Waals surface area contributed by atoms with Crippen LogP contribution >= 0.6 is 0 Å². The molecule has 2 rings (SSSR count). The zero-order valence-electron chi connectivity index (χ0n) is 11.9. The van der Waals surface area contributed by atoms with Crippen molar-refractivity contribution in [2.24, 2.45) is 0 Å². The molecule has 0 saturated carbocycles. The van der Waals surface area contributed by atoms with E-state index in [1.54, 1.807) is 7.11 Å². The molecule has 0 heterocycles. The summed E-state index contributed by atoms with van der Waals surface area (Å²) in [4.78, 5) is 2.04. The van der Waals surface area contributed by atoms with Crippen molar-refractivity contribution in [3.63, 3.8) is 0 Å². The minimum Gasteiger partial charge on any atom is -0.497 e. The highest BCUT2D eigenvalue weighted by atomic mass is 16.5. The van der Waals surface area contributed by atoms with E-state index in [1.807, 2.05) is 60.5 Å². The Morgan fingerprint density at radius 1 is 1.05 bits per heavy atom. The lowest BCUT2D eigenvalue weighted by Crippen LogP contribution is -2.13. The number of ether oxygens (including phenoxy) is 1. The Morgan fingerprint density at radius 3 is 2.30 bits per heavy atom. The van der Waals surface area contributed by atoms with Gasteiger partial charge in [-0.2, -0.15) is 0 Å². The molecule has 20 heavy (non-hydrogen) atoms. The minimum absolute atomic E-state index is 0.854. The molecule has 0 saturated heterocycles. The lowest BCUT2D eigenvalue weighted by molar-refractivity contribution is 0.415. The predicted octanol–water partition coefficient (Wildman–Crippen LogP) is 4.36. The van der Waals surface area contributed by atoms with Gasteiger partial charge in [0.2, 0.25) is 0 Å². The minimum atomic E-state index is 0.854. The van der Waals surface area contributed by atoms with Crippen LogP contribution in [0.3, 0.4) is 0 Å². The maximum atomic E-state index is 5.16. The largest absolute Gasteiger partial charge is 0.497 e. The summed E-state index contributed by atoms with van der Waals surface area (Å²) in [5, 5.41) is 0. The molecule has 0 fully saturated rings. The molecule has 102 valence electrons.